The molecule has 210 valence electrons. The molecule has 1 atom stereocenters. The van der Waals surface area contributed by atoms with Gasteiger partial charge in [0, 0.05) is 56.1 Å². The van der Waals surface area contributed by atoms with E-state index in [4.69, 9.17) is 16.6 Å². The van der Waals surface area contributed by atoms with E-state index in [9.17, 15) is 19.1 Å². The minimum absolute atomic E-state index is 0.000255. The minimum Gasteiger partial charge on any atom is -0.387 e. The molecule has 1 saturated heterocycles. The molecular weight excluding hydrogens is 535 g/mol. The Labute approximate surface area is 236 Å². The van der Waals surface area contributed by atoms with E-state index in [1.165, 1.54) is 0 Å². The Bertz CT molecular complexity index is 1560. The van der Waals surface area contributed by atoms with E-state index in [-0.39, 0.29) is 30.9 Å². The van der Waals surface area contributed by atoms with Gasteiger partial charge in [0.15, 0.2) is 0 Å². The zero-order chi connectivity index (χ0) is 28.2. The first-order valence-corrected chi connectivity index (χ1v) is 13.7. The van der Waals surface area contributed by atoms with Crippen LogP contribution in [0, 0.1) is 6.92 Å². The number of aliphatic hydroxyl groups is 1. The van der Waals surface area contributed by atoms with Crippen molar-refractivity contribution in [3.8, 4) is 11.4 Å². The third-order valence-electron chi connectivity index (χ3n) is 7.20. The van der Waals surface area contributed by atoms with Crippen LogP contribution in [0.15, 0.2) is 53.5 Å². The van der Waals surface area contributed by atoms with E-state index in [2.05, 4.69) is 26.3 Å². The standard InChI is InChI=1S/C29H32ClFN6O3/c1-18-14-21(36-10-12-37(13-11-36)25(39)6-3-8-31)16-23-27(18)35-28(34-23)26-22(7-9-32-29(26)40)33-17-24(38)19-4-2-5-20(30)15-19/h2,4-5,7,9,14-16,24,38H,3,6,8,10-13,17H2,1H3,(H,34,35)(H2,32,33,40). The molecule has 0 spiro atoms. The number of nitrogens with zero attached hydrogens (tertiary/aromatic N) is 3. The number of piperazine rings is 1. The van der Waals surface area contributed by atoms with Crippen LogP contribution in [0.2, 0.25) is 5.02 Å². The molecule has 40 heavy (non-hydrogen) atoms. The van der Waals surface area contributed by atoms with E-state index in [0.717, 1.165) is 22.3 Å². The first-order valence-electron chi connectivity index (χ1n) is 13.3. The average Bonchev–Trinajstić information content (AvgIpc) is 3.39. The van der Waals surface area contributed by atoms with Gasteiger partial charge in [-0.25, -0.2) is 4.98 Å². The molecule has 1 unspecified atom stereocenters. The summed E-state index contributed by atoms with van der Waals surface area (Å²) in [5, 5.41) is 14.4. The summed E-state index contributed by atoms with van der Waals surface area (Å²) in [5.41, 5.74) is 4.74. The number of carbonyl (C=O) groups excluding carboxylic acids is 1. The molecule has 4 aromatic rings. The quantitative estimate of drug-likeness (QED) is 0.238. The summed E-state index contributed by atoms with van der Waals surface area (Å²) in [6.07, 6.45) is 1.23. The number of fused-ring (bicyclic) bond motifs is 1. The van der Waals surface area contributed by atoms with E-state index in [0.29, 0.717) is 53.8 Å². The van der Waals surface area contributed by atoms with Gasteiger partial charge in [-0.3, -0.25) is 14.0 Å². The predicted molar refractivity (Wildman–Crippen MR) is 156 cm³/mol. The van der Waals surface area contributed by atoms with Crippen molar-refractivity contribution in [1.82, 2.24) is 19.9 Å². The normalized spacial score (nSPS) is 14.5. The summed E-state index contributed by atoms with van der Waals surface area (Å²) >= 11 is 6.06. The van der Waals surface area contributed by atoms with Gasteiger partial charge in [0.2, 0.25) is 5.91 Å². The minimum atomic E-state index is -0.828. The lowest BCUT2D eigenvalue weighted by Crippen LogP contribution is -2.48. The number of aliphatic hydroxyl groups excluding tert-OH is 1. The Morgan fingerprint density at radius 2 is 2.00 bits per heavy atom. The molecule has 0 aliphatic carbocycles. The van der Waals surface area contributed by atoms with Crippen LogP contribution in [0.3, 0.4) is 0 Å². The van der Waals surface area contributed by atoms with Crippen LogP contribution in [-0.2, 0) is 4.79 Å². The second-order valence-electron chi connectivity index (χ2n) is 9.95. The molecule has 2 aromatic heterocycles. The molecule has 3 heterocycles. The highest BCUT2D eigenvalue weighted by Crippen LogP contribution is 2.30. The monoisotopic (exact) mass is 566 g/mol. The van der Waals surface area contributed by atoms with Gasteiger partial charge >= 0.3 is 0 Å². The van der Waals surface area contributed by atoms with Gasteiger partial charge in [-0.15, -0.1) is 0 Å². The maximum atomic E-state index is 12.9. The maximum absolute atomic E-state index is 12.9. The molecule has 1 aliphatic heterocycles. The summed E-state index contributed by atoms with van der Waals surface area (Å²) in [4.78, 5) is 40.0. The lowest BCUT2D eigenvalue weighted by molar-refractivity contribution is -0.131. The largest absolute Gasteiger partial charge is 0.387 e. The van der Waals surface area contributed by atoms with Crippen LogP contribution in [0.5, 0.6) is 0 Å². The highest BCUT2D eigenvalue weighted by atomic mass is 35.5. The molecule has 11 heteroatoms. The number of aromatic nitrogens is 3. The molecule has 1 aliphatic rings. The van der Waals surface area contributed by atoms with E-state index in [1.54, 1.807) is 41.4 Å². The Balaban J connectivity index is 1.35. The third-order valence-corrected chi connectivity index (χ3v) is 7.44. The van der Waals surface area contributed by atoms with Gasteiger partial charge < -0.3 is 30.2 Å². The fraction of sp³-hybridized carbons (Fsp3) is 0.345. The number of anilines is 2. The van der Waals surface area contributed by atoms with Crippen molar-refractivity contribution in [2.75, 3.05) is 49.6 Å². The number of hydrogen-bond acceptors (Lipinski definition) is 6. The first-order chi connectivity index (χ1) is 19.3. The molecule has 1 fully saturated rings. The number of benzene rings is 2. The van der Waals surface area contributed by atoms with E-state index < -0.39 is 12.8 Å². The Kier molecular flexibility index (Phi) is 8.37. The lowest BCUT2D eigenvalue weighted by Gasteiger charge is -2.36. The van der Waals surface area contributed by atoms with Crippen LogP contribution < -0.4 is 15.8 Å². The van der Waals surface area contributed by atoms with Crippen LogP contribution in [0.4, 0.5) is 15.8 Å². The highest BCUT2D eigenvalue weighted by Gasteiger charge is 2.23. The highest BCUT2D eigenvalue weighted by molar-refractivity contribution is 6.30. The average molecular weight is 567 g/mol. The summed E-state index contributed by atoms with van der Waals surface area (Å²) in [6, 6.07) is 12.8. The summed E-state index contributed by atoms with van der Waals surface area (Å²) in [5.74, 6) is 0.417. The molecule has 5 rings (SSSR count). The number of alkyl halides is 1. The Morgan fingerprint density at radius 3 is 2.75 bits per heavy atom. The van der Waals surface area contributed by atoms with Crippen molar-refractivity contribution in [3.63, 3.8) is 0 Å². The second kappa shape index (κ2) is 12.1. The van der Waals surface area contributed by atoms with Gasteiger partial charge in [0.05, 0.1) is 29.5 Å². The number of nitrogens with one attached hydrogen (secondary N) is 3. The molecule has 2 aromatic carbocycles. The zero-order valence-electron chi connectivity index (χ0n) is 22.2. The number of aryl methyl sites for hydroxylation is 1. The molecule has 0 saturated carbocycles. The van der Waals surface area contributed by atoms with Crippen molar-refractivity contribution in [3.05, 3.63) is 75.2 Å². The molecular formula is C29H32ClFN6O3. The van der Waals surface area contributed by atoms with Crippen molar-refractivity contribution in [2.24, 2.45) is 0 Å². The number of pyridine rings is 1. The lowest BCUT2D eigenvalue weighted by atomic mass is 10.1. The third kappa shape index (κ3) is 5.97. The van der Waals surface area contributed by atoms with Crippen LogP contribution >= 0.6 is 11.6 Å². The van der Waals surface area contributed by atoms with Gasteiger partial charge in [0.25, 0.3) is 5.56 Å². The molecule has 9 nitrogen and oxygen atoms in total. The van der Waals surface area contributed by atoms with Gasteiger partial charge in [-0.1, -0.05) is 23.7 Å². The molecule has 0 radical (unpaired) electrons. The fourth-order valence-electron chi connectivity index (χ4n) is 5.06. The number of carbonyl (C=O) groups is 1. The van der Waals surface area contributed by atoms with Crippen molar-refractivity contribution in [2.45, 2.75) is 25.9 Å². The maximum Gasteiger partial charge on any atom is 0.261 e. The van der Waals surface area contributed by atoms with Crippen molar-refractivity contribution >= 4 is 39.9 Å². The SMILES string of the molecule is Cc1cc(N2CCN(C(=O)CCCF)CC2)cc2[nH]c(-c3c(NCC(O)c4cccc(Cl)c4)cc[nH]c3=O)nc12. The van der Waals surface area contributed by atoms with E-state index >= 15 is 0 Å². The number of halogens is 2. The number of aromatic amines is 2. The van der Waals surface area contributed by atoms with Gasteiger partial charge in [0.1, 0.15) is 11.4 Å². The summed E-state index contributed by atoms with van der Waals surface area (Å²) in [7, 11) is 0. The first kappa shape index (κ1) is 27.7. The topological polar surface area (TPSA) is 117 Å². The number of hydrogen-bond donors (Lipinski definition) is 4. The van der Waals surface area contributed by atoms with Crippen LogP contribution in [-0.4, -0.2) is 70.3 Å². The van der Waals surface area contributed by atoms with E-state index in [1.807, 2.05) is 13.0 Å². The van der Waals surface area contributed by atoms with Crippen molar-refractivity contribution < 1.29 is 14.3 Å². The van der Waals surface area contributed by atoms with Crippen molar-refractivity contribution in [1.29, 1.82) is 0 Å². The number of H-pyrrole nitrogens is 2. The number of amides is 1. The predicted octanol–water partition coefficient (Wildman–Crippen LogP) is 4.42. The fourth-order valence-corrected chi connectivity index (χ4v) is 5.26. The summed E-state index contributed by atoms with van der Waals surface area (Å²) < 4.78 is 12.4. The molecule has 4 N–H and O–H groups in total. The molecule has 1 amide bonds. The smallest absolute Gasteiger partial charge is 0.261 e. The molecule has 0 bridgehead atoms. The zero-order valence-corrected chi connectivity index (χ0v) is 23.0. The van der Waals surface area contributed by atoms with Gasteiger partial charge in [-0.2, -0.15) is 0 Å². The number of rotatable bonds is 9. The summed E-state index contributed by atoms with van der Waals surface area (Å²) in [6.45, 7) is 4.20. The second-order valence-corrected chi connectivity index (χ2v) is 10.4. The number of imidazole rings is 1. The Morgan fingerprint density at radius 1 is 1.20 bits per heavy atom. The van der Waals surface area contributed by atoms with Gasteiger partial charge in [-0.05, 0) is 54.8 Å². The van der Waals surface area contributed by atoms with Crippen LogP contribution in [0.1, 0.15) is 30.1 Å². The Hall–Kier alpha value is -3.89. The van der Waals surface area contributed by atoms with Crippen LogP contribution in [0.25, 0.3) is 22.4 Å².